The van der Waals surface area contributed by atoms with Crippen LogP contribution in [0.15, 0.2) is 71.7 Å². The molecule has 154 valence electrons. The predicted octanol–water partition coefficient (Wildman–Crippen LogP) is 5.23. The Kier molecular flexibility index (Phi) is 4.18. The molecule has 5 aromatic rings. The van der Waals surface area contributed by atoms with Crippen LogP contribution in [0.2, 0.25) is 0 Å². The van der Waals surface area contributed by atoms with Gasteiger partial charge in [0, 0.05) is 28.2 Å². The largest absolute Gasteiger partial charge is 0.416 e. The minimum Gasteiger partial charge on any atom is -0.351 e. The van der Waals surface area contributed by atoms with E-state index in [2.05, 4.69) is 15.1 Å². The molecule has 0 saturated carbocycles. The maximum absolute atomic E-state index is 12.8. The van der Waals surface area contributed by atoms with E-state index < -0.39 is 11.7 Å². The molecule has 8 heteroatoms. The Balaban J connectivity index is 1.59. The van der Waals surface area contributed by atoms with Crippen LogP contribution in [-0.4, -0.2) is 19.6 Å². The second-order valence-corrected chi connectivity index (χ2v) is 7.23. The standard InChI is InChI=1S/C23H15F3N4O/c1-13-20(27-18-5-3-2-4-17(18)21(13)31)22-28-19-11-8-15(12-30(19)29-22)14-6-9-16(10-7-14)23(24,25)26/h2-12H,1H3,(H,27,31). The molecule has 0 unspecified atom stereocenters. The van der Waals surface area contributed by atoms with Crippen LogP contribution in [0.4, 0.5) is 13.2 Å². The Labute approximate surface area is 173 Å². The van der Waals surface area contributed by atoms with Crippen LogP contribution >= 0.6 is 0 Å². The van der Waals surface area contributed by atoms with Crippen LogP contribution in [-0.2, 0) is 6.18 Å². The lowest BCUT2D eigenvalue weighted by Crippen LogP contribution is -2.09. The molecule has 0 aliphatic rings. The fraction of sp³-hybridized carbons (Fsp3) is 0.0870. The Morgan fingerprint density at radius 3 is 2.39 bits per heavy atom. The summed E-state index contributed by atoms with van der Waals surface area (Å²) in [6.07, 6.45) is -2.68. The number of alkyl halides is 3. The first-order valence-corrected chi connectivity index (χ1v) is 9.47. The topological polar surface area (TPSA) is 63.1 Å². The lowest BCUT2D eigenvalue weighted by molar-refractivity contribution is -0.137. The van der Waals surface area contributed by atoms with Crippen molar-refractivity contribution in [1.82, 2.24) is 19.6 Å². The minimum absolute atomic E-state index is 0.0892. The Hall–Kier alpha value is -3.94. The molecule has 0 spiro atoms. The van der Waals surface area contributed by atoms with E-state index >= 15 is 0 Å². The van der Waals surface area contributed by atoms with E-state index in [9.17, 15) is 18.0 Å². The lowest BCUT2D eigenvalue weighted by Gasteiger charge is -2.07. The van der Waals surface area contributed by atoms with Gasteiger partial charge < -0.3 is 4.98 Å². The number of aromatic amines is 1. The highest BCUT2D eigenvalue weighted by atomic mass is 19.4. The van der Waals surface area contributed by atoms with Crippen LogP contribution in [0.25, 0.3) is 39.2 Å². The molecule has 0 fully saturated rings. The van der Waals surface area contributed by atoms with E-state index in [0.717, 1.165) is 12.1 Å². The van der Waals surface area contributed by atoms with Crippen LogP contribution in [0.1, 0.15) is 11.1 Å². The average Bonchev–Trinajstić information content (AvgIpc) is 3.19. The van der Waals surface area contributed by atoms with Crippen molar-refractivity contribution in [3.05, 3.63) is 88.2 Å². The number of nitrogens with one attached hydrogen (secondary N) is 1. The monoisotopic (exact) mass is 420 g/mol. The summed E-state index contributed by atoms with van der Waals surface area (Å²) in [7, 11) is 0. The molecule has 0 atom stereocenters. The second-order valence-electron chi connectivity index (χ2n) is 7.23. The van der Waals surface area contributed by atoms with Crippen LogP contribution in [0.3, 0.4) is 0 Å². The maximum Gasteiger partial charge on any atom is 0.416 e. The predicted molar refractivity (Wildman–Crippen MR) is 112 cm³/mol. The summed E-state index contributed by atoms with van der Waals surface area (Å²) in [6.45, 7) is 1.72. The number of halogens is 3. The van der Waals surface area contributed by atoms with Crippen LogP contribution < -0.4 is 5.43 Å². The molecule has 31 heavy (non-hydrogen) atoms. The third kappa shape index (κ3) is 3.26. The zero-order valence-corrected chi connectivity index (χ0v) is 16.2. The summed E-state index contributed by atoms with van der Waals surface area (Å²) < 4.78 is 40.0. The van der Waals surface area contributed by atoms with Gasteiger partial charge in [0.15, 0.2) is 16.9 Å². The number of rotatable bonds is 2. The molecular formula is C23H15F3N4O. The normalized spacial score (nSPS) is 12.0. The van der Waals surface area contributed by atoms with Gasteiger partial charge in [0.2, 0.25) is 0 Å². The van der Waals surface area contributed by atoms with E-state index in [1.54, 1.807) is 35.8 Å². The molecule has 3 aromatic heterocycles. The summed E-state index contributed by atoms with van der Waals surface area (Å²) in [5.41, 5.74) is 2.82. The number of pyridine rings is 2. The quantitative estimate of drug-likeness (QED) is 0.425. The number of para-hydroxylation sites is 1. The molecule has 0 amide bonds. The molecule has 1 N–H and O–H groups in total. The van der Waals surface area contributed by atoms with Gasteiger partial charge in [0.05, 0.1) is 11.3 Å². The molecule has 0 saturated heterocycles. The van der Waals surface area contributed by atoms with Gasteiger partial charge in [-0.3, -0.25) is 4.79 Å². The molecule has 0 aliphatic heterocycles. The third-order valence-electron chi connectivity index (χ3n) is 5.25. The lowest BCUT2D eigenvalue weighted by atomic mass is 10.1. The number of fused-ring (bicyclic) bond motifs is 2. The fourth-order valence-corrected chi connectivity index (χ4v) is 3.57. The first-order valence-electron chi connectivity index (χ1n) is 9.47. The molecule has 3 heterocycles. The van der Waals surface area contributed by atoms with Crippen molar-refractivity contribution in [2.24, 2.45) is 0 Å². The van der Waals surface area contributed by atoms with E-state index in [1.807, 2.05) is 18.2 Å². The van der Waals surface area contributed by atoms with E-state index in [1.165, 1.54) is 12.1 Å². The molecule has 2 aromatic carbocycles. The first-order chi connectivity index (χ1) is 14.8. The van der Waals surface area contributed by atoms with Crippen molar-refractivity contribution in [3.8, 4) is 22.6 Å². The van der Waals surface area contributed by atoms with Crippen molar-refractivity contribution in [2.45, 2.75) is 13.1 Å². The number of hydrogen-bond donors (Lipinski definition) is 1. The van der Waals surface area contributed by atoms with E-state index in [4.69, 9.17) is 0 Å². The summed E-state index contributed by atoms with van der Waals surface area (Å²) >= 11 is 0. The van der Waals surface area contributed by atoms with Crippen LogP contribution in [0, 0.1) is 6.92 Å². The van der Waals surface area contributed by atoms with E-state index in [-0.39, 0.29) is 5.43 Å². The molecule has 5 rings (SSSR count). The van der Waals surface area contributed by atoms with Crippen molar-refractivity contribution >= 4 is 16.6 Å². The van der Waals surface area contributed by atoms with Crippen molar-refractivity contribution in [1.29, 1.82) is 0 Å². The average molecular weight is 420 g/mol. The van der Waals surface area contributed by atoms with Crippen molar-refractivity contribution in [2.75, 3.05) is 0 Å². The zero-order chi connectivity index (χ0) is 21.8. The minimum atomic E-state index is -4.38. The van der Waals surface area contributed by atoms with Crippen molar-refractivity contribution in [3.63, 3.8) is 0 Å². The number of benzene rings is 2. The Morgan fingerprint density at radius 2 is 1.65 bits per heavy atom. The molecular weight excluding hydrogens is 405 g/mol. The van der Waals surface area contributed by atoms with Crippen molar-refractivity contribution < 1.29 is 13.2 Å². The molecule has 0 bridgehead atoms. The smallest absolute Gasteiger partial charge is 0.351 e. The maximum atomic E-state index is 12.8. The number of aromatic nitrogens is 4. The SMILES string of the molecule is Cc1c(-c2nc3ccc(-c4ccc(C(F)(F)F)cc4)cn3n2)[nH]c2ccccc2c1=O. The number of H-pyrrole nitrogens is 1. The van der Waals surface area contributed by atoms with Crippen LogP contribution in [0.5, 0.6) is 0 Å². The highest BCUT2D eigenvalue weighted by molar-refractivity contribution is 5.82. The fourth-order valence-electron chi connectivity index (χ4n) is 3.57. The van der Waals surface area contributed by atoms with Gasteiger partial charge in [0.1, 0.15) is 0 Å². The summed E-state index contributed by atoms with van der Waals surface area (Å²) in [5, 5.41) is 5.08. The summed E-state index contributed by atoms with van der Waals surface area (Å²) in [4.78, 5) is 20.5. The van der Waals surface area contributed by atoms with Gasteiger partial charge in [-0.05, 0) is 48.9 Å². The molecule has 0 aliphatic carbocycles. The molecule has 0 radical (unpaired) electrons. The zero-order valence-electron chi connectivity index (χ0n) is 16.2. The number of hydrogen-bond acceptors (Lipinski definition) is 3. The summed E-state index contributed by atoms with van der Waals surface area (Å²) in [6, 6.07) is 15.7. The van der Waals surface area contributed by atoms with Gasteiger partial charge in [-0.1, -0.05) is 24.3 Å². The third-order valence-corrected chi connectivity index (χ3v) is 5.25. The Morgan fingerprint density at radius 1 is 0.935 bits per heavy atom. The van der Waals surface area contributed by atoms with Gasteiger partial charge in [-0.2, -0.15) is 13.2 Å². The van der Waals surface area contributed by atoms with Gasteiger partial charge in [0.25, 0.3) is 0 Å². The molecule has 5 nitrogen and oxygen atoms in total. The van der Waals surface area contributed by atoms with Gasteiger partial charge >= 0.3 is 6.18 Å². The van der Waals surface area contributed by atoms with E-state index in [0.29, 0.717) is 44.8 Å². The van der Waals surface area contributed by atoms with Gasteiger partial charge in [-0.25, -0.2) is 9.50 Å². The summed E-state index contributed by atoms with van der Waals surface area (Å²) in [5.74, 6) is 0.366. The van der Waals surface area contributed by atoms with Gasteiger partial charge in [-0.15, -0.1) is 5.10 Å². The highest BCUT2D eigenvalue weighted by Crippen LogP contribution is 2.31. The first kappa shape index (κ1) is 19.0. The highest BCUT2D eigenvalue weighted by Gasteiger charge is 2.30. The number of nitrogens with zero attached hydrogens (tertiary/aromatic N) is 3. The second kappa shape index (κ2) is 6.80. The Bertz CT molecular complexity index is 1500.